The van der Waals surface area contributed by atoms with Gasteiger partial charge < -0.3 is 9.47 Å². The average Bonchev–Trinajstić information content (AvgIpc) is 2.69. The second-order valence-electron chi connectivity index (χ2n) is 8.16. The Morgan fingerprint density at radius 3 is 1.97 bits per heavy atom. The fourth-order valence-corrected chi connectivity index (χ4v) is 4.31. The first-order chi connectivity index (χ1) is 13.9. The topological polar surface area (TPSA) is 52.6 Å². The van der Waals surface area contributed by atoms with Crippen LogP contribution in [0.3, 0.4) is 0 Å². The summed E-state index contributed by atoms with van der Waals surface area (Å²) in [5.41, 5.74) is 4.66. The minimum atomic E-state index is -0.179. The molecule has 29 heavy (non-hydrogen) atoms. The normalized spacial score (nSPS) is 18.9. The molecule has 0 amide bonds. The molecule has 0 radical (unpaired) electrons. The number of benzene rings is 2. The number of aryl methyl sites for hydroxylation is 2. The lowest BCUT2D eigenvalue weighted by atomic mass is 9.80. The molecule has 0 heterocycles. The van der Waals surface area contributed by atoms with E-state index in [0.29, 0.717) is 5.75 Å². The number of hydrogen-bond acceptors (Lipinski definition) is 4. The number of carbonyl (C=O) groups is 2. The van der Waals surface area contributed by atoms with E-state index in [4.69, 9.17) is 9.47 Å². The molecule has 2 aromatic rings. The minimum Gasteiger partial charge on any atom is -0.496 e. The number of methoxy groups -OCH3 is 1. The molecule has 4 nitrogen and oxygen atoms in total. The Labute approximate surface area is 173 Å². The SMILES string of the molecule is COc1c(C)cc(Cc2ccc(OC(=O)C3CCC(C(C)=O)CC3)cc2)cc1C. The van der Waals surface area contributed by atoms with Crippen molar-refractivity contribution in [2.24, 2.45) is 11.8 Å². The summed E-state index contributed by atoms with van der Waals surface area (Å²) in [5, 5.41) is 0. The van der Waals surface area contributed by atoms with Gasteiger partial charge in [-0.05, 0) is 87.3 Å². The third-order valence-electron chi connectivity index (χ3n) is 5.91. The molecule has 0 atom stereocenters. The van der Waals surface area contributed by atoms with Gasteiger partial charge in [-0.1, -0.05) is 24.3 Å². The van der Waals surface area contributed by atoms with Gasteiger partial charge in [0.25, 0.3) is 0 Å². The van der Waals surface area contributed by atoms with Crippen LogP contribution in [0.5, 0.6) is 11.5 Å². The molecule has 2 aromatic carbocycles. The first-order valence-corrected chi connectivity index (χ1v) is 10.3. The zero-order chi connectivity index (χ0) is 21.0. The first-order valence-electron chi connectivity index (χ1n) is 10.3. The molecule has 0 N–H and O–H groups in total. The maximum Gasteiger partial charge on any atom is 0.314 e. The zero-order valence-electron chi connectivity index (χ0n) is 17.8. The van der Waals surface area contributed by atoms with Gasteiger partial charge in [-0.2, -0.15) is 0 Å². The number of ketones is 1. The number of hydrogen-bond donors (Lipinski definition) is 0. The highest BCUT2D eigenvalue weighted by Crippen LogP contribution is 2.31. The van der Waals surface area contributed by atoms with Crippen molar-refractivity contribution in [2.45, 2.75) is 52.9 Å². The lowest BCUT2D eigenvalue weighted by Gasteiger charge is -2.25. The molecule has 0 saturated heterocycles. The van der Waals surface area contributed by atoms with Crippen molar-refractivity contribution in [3.8, 4) is 11.5 Å². The molecular formula is C25H30O4. The van der Waals surface area contributed by atoms with Crippen LogP contribution in [0.4, 0.5) is 0 Å². The lowest BCUT2D eigenvalue weighted by Crippen LogP contribution is -2.27. The van der Waals surface area contributed by atoms with E-state index >= 15 is 0 Å². The van der Waals surface area contributed by atoms with Gasteiger partial charge in [0.15, 0.2) is 0 Å². The average molecular weight is 395 g/mol. The van der Waals surface area contributed by atoms with E-state index in [1.165, 1.54) is 5.56 Å². The lowest BCUT2D eigenvalue weighted by molar-refractivity contribution is -0.141. The summed E-state index contributed by atoms with van der Waals surface area (Å²) in [6.45, 7) is 5.75. The van der Waals surface area contributed by atoms with Crippen LogP contribution in [0.2, 0.25) is 0 Å². The highest BCUT2D eigenvalue weighted by molar-refractivity contribution is 5.79. The molecule has 0 aliphatic heterocycles. The van der Waals surface area contributed by atoms with E-state index in [9.17, 15) is 9.59 Å². The number of rotatable bonds is 6. The van der Waals surface area contributed by atoms with Gasteiger partial charge in [-0.25, -0.2) is 0 Å². The molecule has 0 aromatic heterocycles. The van der Waals surface area contributed by atoms with E-state index in [-0.39, 0.29) is 23.6 Å². The van der Waals surface area contributed by atoms with Crippen molar-refractivity contribution < 1.29 is 19.1 Å². The number of ether oxygens (including phenoxy) is 2. The van der Waals surface area contributed by atoms with Crippen LogP contribution >= 0.6 is 0 Å². The maximum atomic E-state index is 12.4. The van der Waals surface area contributed by atoms with E-state index in [2.05, 4.69) is 26.0 Å². The summed E-state index contributed by atoms with van der Waals surface area (Å²) in [4.78, 5) is 23.9. The fraction of sp³-hybridized carbons (Fsp3) is 0.440. The van der Waals surface area contributed by atoms with Crippen LogP contribution in [0.15, 0.2) is 36.4 Å². The van der Waals surface area contributed by atoms with E-state index in [1.807, 2.05) is 24.3 Å². The second kappa shape index (κ2) is 9.25. The van der Waals surface area contributed by atoms with Crippen LogP contribution in [0, 0.1) is 25.7 Å². The third-order valence-corrected chi connectivity index (χ3v) is 5.91. The van der Waals surface area contributed by atoms with Gasteiger partial charge in [-0.3, -0.25) is 9.59 Å². The summed E-state index contributed by atoms with van der Waals surface area (Å²) in [6.07, 6.45) is 3.85. The van der Waals surface area contributed by atoms with E-state index in [0.717, 1.165) is 54.5 Å². The molecule has 1 aliphatic rings. The van der Waals surface area contributed by atoms with Crippen LogP contribution in [-0.2, 0) is 16.0 Å². The highest BCUT2D eigenvalue weighted by atomic mass is 16.5. The zero-order valence-corrected chi connectivity index (χ0v) is 17.8. The van der Waals surface area contributed by atoms with Crippen LogP contribution in [-0.4, -0.2) is 18.9 Å². The summed E-state index contributed by atoms with van der Waals surface area (Å²) >= 11 is 0. The molecule has 1 aliphatic carbocycles. The van der Waals surface area contributed by atoms with Gasteiger partial charge in [0, 0.05) is 5.92 Å². The monoisotopic (exact) mass is 394 g/mol. The van der Waals surface area contributed by atoms with Crippen molar-refractivity contribution in [2.75, 3.05) is 7.11 Å². The van der Waals surface area contributed by atoms with Crippen molar-refractivity contribution >= 4 is 11.8 Å². The van der Waals surface area contributed by atoms with Crippen molar-refractivity contribution in [1.29, 1.82) is 0 Å². The number of esters is 1. The van der Waals surface area contributed by atoms with Gasteiger partial charge in [0.1, 0.15) is 17.3 Å². The maximum absolute atomic E-state index is 12.4. The Morgan fingerprint density at radius 2 is 1.45 bits per heavy atom. The molecule has 0 unspecified atom stereocenters. The quantitative estimate of drug-likeness (QED) is 0.499. The second-order valence-corrected chi connectivity index (χ2v) is 8.16. The Kier molecular flexibility index (Phi) is 6.73. The molecular weight excluding hydrogens is 364 g/mol. The molecule has 1 saturated carbocycles. The summed E-state index contributed by atoms with van der Waals surface area (Å²) < 4.78 is 11.0. The molecule has 1 fully saturated rings. The Bertz CT molecular complexity index is 851. The van der Waals surface area contributed by atoms with Crippen LogP contribution < -0.4 is 9.47 Å². The predicted octanol–water partition coefficient (Wildman–Crippen LogP) is 5.20. The van der Waals surface area contributed by atoms with Gasteiger partial charge in [0.2, 0.25) is 0 Å². The van der Waals surface area contributed by atoms with Gasteiger partial charge in [-0.15, -0.1) is 0 Å². The number of carbonyl (C=O) groups excluding carboxylic acids is 2. The van der Waals surface area contributed by atoms with Crippen molar-refractivity contribution in [3.63, 3.8) is 0 Å². The van der Waals surface area contributed by atoms with Gasteiger partial charge >= 0.3 is 5.97 Å². The molecule has 4 heteroatoms. The third kappa shape index (κ3) is 5.26. The fourth-order valence-electron chi connectivity index (χ4n) is 4.31. The van der Waals surface area contributed by atoms with E-state index < -0.39 is 0 Å². The smallest absolute Gasteiger partial charge is 0.314 e. The summed E-state index contributed by atoms with van der Waals surface area (Å²) in [5.74, 6) is 1.58. The predicted molar refractivity (Wildman–Crippen MR) is 113 cm³/mol. The Balaban J connectivity index is 1.58. The van der Waals surface area contributed by atoms with Crippen molar-refractivity contribution in [3.05, 3.63) is 58.7 Å². The highest BCUT2D eigenvalue weighted by Gasteiger charge is 2.29. The molecule has 0 bridgehead atoms. The Morgan fingerprint density at radius 1 is 0.897 bits per heavy atom. The molecule has 154 valence electrons. The van der Waals surface area contributed by atoms with Crippen molar-refractivity contribution in [1.82, 2.24) is 0 Å². The minimum absolute atomic E-state index is 0.101. The van der Waals surface area contributed by atoms with Crippen LogP contribution in [0.25, 0.3) is 0 Å². The van der Waals surface area contributed by atoms with Crippen LogP contribution in [0.1, 0.15) is 54.9 Å². The number of Topliss-reactive ketones (excluding diaryl/α,β-unsaturated/α-hetero) is 1. The Hall–Kier alpha value is -2.62. The standard InChI is InChI=1S/C25H30O4/c1-16-13-20(14-17(2)24(16)28-4)15-19-5-11-23(12-6-19)29-25(27)22-9-7-21(8-10-22)18(3)26/h5-6,11-14,21-22H,7-10,15H2,1-4H3. The summed E-state index contributed by atoms with van der Waals surface area (Å²) in [7, 11) is 1.70. The van der Waals surface area contributed by atoms with E-state index in [1.54, 1.807) is 14.0 Å². The first kappa shape index (κ1) is 21.1. The van der Waals surface area contributed by atoms with Gasteiger partial charge in [0.05, 0.1) is 13.0 Å². The largest absolute Gasteiger partial charge is 0.496 e. The summed E-state index contributed by atoms with van der Waals surface area (Å²) in [6, 6.07) is 12.0. The molecule has 0 spiro atoms. The molecule has 3 rings (SSSR count).